The molecule has 1 aromatic carbocycles. The molecule has 6 nitrogen and oxygen atoms in total. The topological polar surface area (TPSA) is 70.7 Å². The highest BCUT2D eigenvalue weighted by Gasteiger charge is 2.26. The molecular formula is C17H25N3O3. The molecule has 1 heterocycles. The van der Waals surface area contributed by atoms with Gasteiger partial charge in [0.1, 0.15) is 5.75 Å². The number of hydrogen-bond acceptors (Lipinski definition) is 3. The highest BCUT2D eigenvalue weighted by Crippen LogP contribution is 2.17. The fourth-order valence-electron chi connectivity index (χ4n) is 2.52. The van der Waals surface area contributed by atoms with Gasteiger partial charge in [-0.15, -0.1) is 0 Å². The van der Waals surface area contributed by atoms with Crippen molar-refractivity contribution in [1.82, 2.24) is 10.2 Å². The summed E-state index contributed by atoms with van der Waals surface area (Å²) in [5.41, 5.74) is 0.737. The predicted octanol–water partition coefficient (Wildman–Crippen LogP) is 2.61. The van der Waals surface area contributed by atoms with Crippen LogP contribution in [0.3, 0.4) is 0 Å². The molecule has 2 N–H and O–H groups in total. The second kappa shape index (κ2) is 8.41. The van der Waals surface area contributed by atoms with Crippen LogP contribution >= 0.6 is 0 Å². The first kappa shape index (κ1) is 17.1. The molecule has 1 aliphatic rings. The van der Waals surface area contributed by atoms with Crippen molar-refractivity contribution in [3.63, 3.8) is 0 Å². The van der Waals surface area contributed by atoms with E-state index in [1.807, 2.05) is 24.3 Å². The van der Waals surface area contributed by atoms with Crippen LogP contribution in [-0.4, -0.2) is 42.6 Å². The number of urea groups is 1. The van der Waals surface area contributed by atoms with Gasteiger partial charge in [0.15, 0.2) is 0 Å². The first-order chi connectivity index (χ1) is 11.1. The minimum absolute atomic E-state index is 0.0487. The number of nitrogens with one attached hydrogen (secondary N) is 2. The van der Waals surface area contributed by atoms with E-state index in [0.717, 1.165) is 30.7 Å². The Hall–Kier alpha value is -2.24. The van der Waals surface area contributed by atoms with Crippen LogP contribution in [0.25, 0.3) is 0 Å². The van der Waals surface area contributed by atoms with E-state index in [0.29, 0.717) is 19.7 Å². The van der Waals surface area contributed by atoms with Gasteiger partial charge in [0.2, 0.25) is 5.91 Å². The van der Waals surface area contributed by atoms with E-state index >= 15 is 0 Å². The van der Waals surface area contributed by atoms with Crippen LogP contribution in [-0.2, 0) is 4.79 Å². The molecule has 1 aliphatic heterocycles. The van der Waals surface area contributed by atoms with E-state index in [1.165, 1.54) is 6.92 Å². The van der Waals surface area contributed by atoms with Crippen LogP contribution in [0.5, 0.6) is 5.75 Å². The third-order valence-corrected chi connectivity index (χ3v) is 3.76. The number of nitrogens with zero attached hydrogens (tertiary/aromatic N) is 1. The van der Waals surface area contributed by atoms with Crippen molar-refractivity contribution in [1.29, 1.82) is 0 Å². The summed E-state index contributed by atoms with van der Waals surface area (Å²) in [4.78, 5) is 25.0. The molecule has 1 fully saturated rings. The van der Waals surface area contributed by atoms with Gasteiger partial charge in [-0.3, -0.25) is 4.79 Å². The number of likely N-dealkylation sites (tertiary alicyclic amines) is 1. The van der Waals surface area contributed by atoms with Crippen molar-refractivity contribution in [2.45, 2.75) is 39.2 Å². The zero-order chi connectivity index (χ0) is 16.7. The Bertz CT molecular complexity index is 530. The third kappa shape index (κ3) is 5.47. The Morgan fingerprint density at radius 2 is 2.04 bits per heavy atom. The molecule has 0 bridgehead atoms. The smallest absolute Gasteiger partial charge is 0.321 e. The van der Waals surface area contributed by atoms with Gasteiger partial charge in [-0.25, -0.2) is 4.79 Å². The standard InChI is InChI=1S/C17H25N3O3/c1-3-4-11-23-16-7-5-14(6-8-16)19-17(22)20-10-9-15(12-20)18-13(2)21/h5-8,15H,3-4,9-12H2,1-2H3,(H,18,21)(H,19,22)/t15-/m0/s1. The van der Waals surface area contributed by atoms with Gasteiger partial charge in [-0.05, 0) is 37.1 Å². The number of unbranched alkanes of at least 4 members (excludes halogenated alkanes) is 1. The summed E-state index contributed by atoms with van der Waals surface area (Å²) in [5, 5.41) is 5.72. The summed E-state index contributed by atoms with van der Waals surface area (Å²) >= 11 is 0. The number of carbonyl (C=O) groups is 2. The number of carbonyl (C=O) groups excluding carboxylic acids is 2. The summed E-state index contributed by atoms with van der Waals surface area (Å²) in [5.74, 6) is 0.749. The summed E-state index contributed by atoms with van der Waals surface area (Å²) in [6, 6.07) is 7.29. The van der Waals surface area contributed by atoms with Crippen LogP contribution in [0.15, 0.2) is 24.3 Å². The molecule has 23 heavy (non-hydrogen) atoms. The van der Waals surface area contributed by atoms with Crippen molar-refractivity contribution in [3.8, 4) is 5.75 Å². The second-order valence-electron chi connectivity index (χ2n) is 5.79. The Morgan fingerprint density at radius 1 is 1.30 bits per heavy atom. The number of benzene rings is 1. The Kier molecular flexibility index (Phi) is 6.26. The summed E-state index contributed by atoms with van der Waals surface area (Å²) in [6.45, 7) is 5.52. The first-order valence-electron chi connectivity index (χ1n) is 8.14. The molecule has 3 amide bonds. The van der Waals surface area contributed by atoms with Gasteiger partial charge in [0.25, 0.3) is 0 Å². The van der Waals surface area contributed by atoms with E-state index < -0.39 is 0 Å². The molecule has 0 aliphatic carbocycles. The zero-order valence-corrected chi connectivity index (χ0v) is 13.8. The molecule has 0 radical (unpaired) electrons. The van der Waals surface area contributed by atoms with Crippen molar-refractivity contribution in [3.05, 3.63) is 24.3 Å². The molecule has 0 unspecified atom stereocenters. The first-order valence-corrected chi connectivity index (χ1v) is 8.14. The molecule has 0 aromatic heterocycles. The number of hydrogen-bond donors (Lipinski definition) is 2. The normalized spacial score (nSPS) is 17.0. The van der Waals surface area contributed by atoms with E-state index in [4.69, 9.17) is 4.74 Å². The van der Waals surface area contributed by atoms with E-state index in [2.05, 4.69) is 17.6 Å². The number of ether oxygens (including phenoxy) is 1. The zero-order valence-electron chi connectivity index (χ0n) is 13.8. The Morgan fingerprint density at radius 3 is 2.70 bits per heavy atom. The molecule has 126 valence electrons. The van der Waals surface area contributed by atoms with Gasteiger partial charge in [-0.1, -0.05) is 13.3 Å². The molecule has 1 atom stereocenters. The van der Waals surface area contributed by atoms with Crippen molar-refractivity contribution >= 4 is 17.6 Å². The average Bonchev–Trinajstić information content (AvgIpc) is 2.97. The van der Waals surface area contributed by atoms with Crippen LogP contribution in [0.2, 0.25) is 0 Å². The lowest BCUT2D eigenvalue weighted by Gasteiger charge is -2.17. The minimum atomic E-state index is -0.141. The third-order valence-electron chi connectivity index (χ3n) is 3.76. The molecule has 0 saturated carbocycles. The largest absolute Gasteiger partial charge is 0.494 e. The van der Waals surface area contributed by atoms with Crippen LogP contribution in [0, 0.1) is 0 Å². The molecule has 1 saturated heterocycles. The van der Waals surface area contributed by atoms with Gasteiger partial charge >= 0.3 is 6.03 Å². The van der Waals surface area contributed by atoms with E-state index in [1.54, 1.807) is 4.90 Å². The maximum Gasteiger partial charge on any atom is 0.321 e. The molecule has 0 spiro atoms. The number of rotatable bonds is 6. The summed E-state index contributed by atoms with van der Waals surface area (Å²) < 4.78 is 5.59. The molecule has 1 aromatic rings. The number of anilines is 1. The Balaban J connectivity index is 1.80. The summed E-state index contributed by atoms with van der Waals surface area (Å²) in [7, 11) is 0. The van der Waals surface area contributed by atoms with E-state index in [9.17, 15) is 9.59 Å². The fraction of sp³-hybridized carbons (Fsp3) is 0.529. The van der Waals surface area contributed by atoms with Gasteiger partial charge in [0, 0.05) is 31.7 Å². The van der Waals surface area contributed by atoms with Crippen molar-refractivity contribution in [2.75, 3.05) is 25.0 Å². The second-order valence-corrected chi connectivity index (χ2v) is 5.79. The highest BCUT2D eigenvalue weighted by atomic mass is 16.5. The number of amides is 3. The lowest BCUT2D eigenvalue weighted by atomic mass is 10.3. The molecule has 6 heteroatoms. The van der Waals surface area contributed by atoms with E-state index in [-0.39, 0.29) is 18.0 Å². The average molecular weight is 319 g/mol. The van der Waals surface area contributed by atoms with Crippen molar-refractivity contribution < 1.29 is 14.3 Å². The maximum absolute atomic E-state index is 12.2. The van der Waals surface area contributed by atoms with Gasteiger partial charge < -0.3 is 20.3 Å². The highest BCUT2D eigenvalue weighted by molar-refractivity contribution is 5.89. The monoisotopic (exact) mass is 319 g/mol. The minimum Gasteiger partial charge on any atom is -0.494 e. The lowest BCUT2D eigenvalue weighted by molar-refractivity contribution is -0.119. The SMILES string of the molecule is CCCCOc1ccc(NC(=O)N2CC[C@H](NC(C)=O)C2)cc1. The maximum atomic E-state index is 12.2. The van der Waals surface area contributed by atoms with Crippen LogP contribution in [0.1, 0.15) is 33.1 Å². The fourth-order valence-corrected chi connectivity index (χ4v) is 2.52. The lowest BCUT2D eigenvalue weighted by Crippen LogP contribution is -2.38. The van der Waals surface area contributed by atoms with Crippen LogP contribution in [0.4, 0.5) is 10.5 Å². The van der Waals surface area contributed by atoms with Gasteiger partial charge in [-0.2, -0.15) is 0 Å². The van der Waals surface area contributed by atoms with Gasteiger partial charge in [0.05, 0.1) is 6.61 Å². The van der Waals surface area contributed by atoms with Crippen molar-refractivity contribution in [2.24, 2.45) is 0 Å². The summed E-state index contributed by atoms with van der Waals surface area (Å²) in [6.07, 6.45) is 2.92. The predicted molar refractivity (Wildman–Crippen MR) is 89.7 cm³/mol. The molecular weight excluding hydrogens is 294 g/mol. The molecule has 2 rings (SSSR count). The Labute approximate surface area is 137 Å². The quantitative estimate of drug-likeness (QED) is 0.792. The van der Waals surface area contributed by atoms with Crippen LogP contribution < -0.4 is 15.4 Å².